The molecular formula is C7H13O2-. The van der Waals surface area contributed by atoms with Crippen molar-refractivity contribution < 1.29 is 9.84 Å². The molecule has 0 radical (unpaired) electrons. The van der Waals surface area contributed by atoms with Crippen molar-refractivity contribution in [2.75, 3.05) is 0 Å². The number of rotatable bonds is 3. The second-order valence-corrected chi connectivity index (χ2v) is 1.92. The Hall–Kier alpha value is -0.340. The topological polar surface area (TPSA) is 29.5 Å². The third-order valence-corrected chi connectivity index (χ3v) is 1.36. The summed E-state index contributed by atoms with van der Waals surface area (Å²) >= 11 is 0. The van der Waals surface area contributed by atoms with Crippen LogP contribution in [-0.2, 0) is 4.74 Å². The summed E-state index contributed by atoms with van der Waals surface area (Å²) in [4.78, 5) is 0. The van der Waals surface area contributed by atoms with Gasteiger partial charge in [0.1, 0.15) is 0 Å². The molecule has 1 N–H and O–H groups in total. The number of aliphatic hydroxyl groups is 1. The molecule has 2 nitrogen and oxygen atoms in total. The average molecular weight is 129 g/mol. The summed E-state index contributed by atoms with van der Waals surface area (Å²) in [7, 11) is 0. The fourth-order valence-electron chi connectivity index (χ4n) is 0.433. The Morgan fingerprint density at radius 3 is 2.67 bits per heavy atom. The molecule has 0 bridgehead atoms. The highest BCUT2D eigenvalue weighted by Gasteiger charge is 1.95. The van der Waals surface area contributed by atoms with Crippen LogP contribution in [-0.4, -0.2) is 11.2 Å². The lowest BCUT2D eigenvalue weighted by Gasteiger charge is -2.18. The highest BCUT2D eigenvalue weighted by atomic mass is 16.6. The smallest absolute Gasteiger partial charge is 0.0437 e. The fourth-order valence-corrected chi connectivity index (χ4v) is 0.433. The van der Waals surface area contributed by atoms with Gasteiger partial charge in [-0.2, -0.15) is 0 Å². The van der Waals surface area contributed by atoms with Crippen molar-refractivity contribution in [2.24, 2.45) is 0 Å². The van der Waals surface area contributed by atoms with Crippen molar-refractivity contribution in [3.05, 3.63) is 18.4 Å². The molecule has 1 unspecified atom stereocenters. The first-order valence-electron chi connectivity index (χ1n) is 2.96. The van der Waals surface area contributed by atoms with Gasteiger partial charge in [0.2, 0.25) is 0 Å². The summed E-state index contributed by atoms with van der Waals surface area (Å²) in [5.41, 5.74) is 1.11. The molecule has 0 fully saturated rings. The van der Waals surface area contributed by atoms with Crippen LogP contribution in [0.15, 0.2) is 11.6 Å². The van der Waals surface area contributed by atoms with Crippen LogP contribution in [0.25, 0.3) is 0 Å². The first-order chi connectivity index (χ1) is 4.22. The van der Waals surface area contributed by atoms with Crippen LogP contribution in [0.5, 0.6) is 0 Å². The van der Waals surface area contributed by atoms with E-state index in [2.05, 4.69) is 0 Å². The molecule has 54 valence electrons. The van der Waals surface area contributed by atoms with E-state index in [4.69, 9.17) is 9.84 Å². The molecule has 1 atom stereocenters. The van der Waals surface area contributed by atoms with E-state index in [1.165, 1.54) is 0 Å². The Morgan fingerprint density at radius 2 is 2.33 bits per heavy atom. The summed E-state index contributed by atoms with van der Waals surface area (Å²) in [6.45, 7) is 6.49. The molecule has 0 saturated heterocycles. The van der Waals surface area contributed by atoms with Crippen LogP contribution < -0.4 is 0 Å². The molecule has 0 aromatic carbocycles. The second kappa shape index (κ2) is 4.53. The van der Waals surface area contributed by atoms with Gasteiger partial charge in [0.25, 0.3) is 0 Å². The van der Waals surface area contributed by atoms with E-state index in [-0.39, 0.29) is 6.10 Å². The van der Waals surface area contributed by atoms with E-state index in [1.54, 1.807) is 0 Å². The zero-order valence-electron chi connectivity index (χ0n) is 6.09. The molecule has 0 spiro atoms. The summed E-state index contributed by atoms with van der Waals surface area (Å²) in [5.74, 6) is 0. The molecule has 9 heavy (non-hydrogen) atoms. The van der Waals surface area contributed by atoms with E-state index < -0.39 is 0 Å². The highest BCUT2D eigenvalue weighted by Crippen LogP contribution is 2.04. The number of aliphatic hydroxyl groups excluding tert-OH is 1. The van der Waals surface area contributed by atoms with E-state index in [9.17, 15) is 0 Å². The van der Waals surface area contributed by atoms with E-state index in [0.29, 0.717) is 0 Å². The van der Waals surface area contributed by atoms with Crippen molar-refractivity contribution in [3.63, 3.8) is 0 Å². The molecule has 0 rings (SSSR count). The Morgan fingerprint density at radius 1 is 1.78 bits per heavy atom. The monoisotopic (exact) mass is 129 g/mol. The molecule has 0 heterocycles. The molecular weight excluding hydrogens is 116 g/mol. The van der Waals surface area contributed by atoms with E-state index in [0.717, 1.165) is 12.4 Å². The van der Waals surface area contributed by atoms with Gasteiger partial charge in [-0.05, 0) is 20.8 Å². The maximum absolute atomic E-state index is 8.21. The lowest BCUT2D eigenvalue weighted by molar-refractivity contribution is 0.0462. The Bertz CT molecular complexity index is 97.1. The van der Waals surface area contributed by atoms with E-state index in [1.807, 2.05) is 26.8 Å². The maximum atomic E-state index is 8.21. The molecule has 0 aliphatic rings. The van der Waals surface area contributed by atoms with Crippen LogP contribution in [0.2, 0.25) is 0 Å². The van der Waals surface area contributed by atoms with Gasteiger partial charge in [-0.15, -0.1) is 0 Å². The quantitative estimate of drug-likeness (QED) is 0.465. The van der Waals surface area contributed by atoms with Gasteiger partial charge in [-0.1, -0.05) is 18.4 Å². The summed E-state index contributed by atoms with van der Waals surface area (Å²) in [6, 6.07) is 0. The van der Waals surface area contributed by atoms with E-state index >= 15 is 0 Å². The van der Waals surface area contributed by atoms with Crippen molar-refractivity contribution >= 4 is 0 Å². The SMILES string of the molecule is C/C=C(\C)C(C)O[CH-]O. The maximum Gasteiger partial charge on any atom is 0.0437 e. The van der Waals surface area contributed by atoms with Crippen LogP contribution in [0.1, 0.15) is 20.8 Å². The van der Waals surface area contributed by atoms with Gasteiger partial charge in [-0.25, -0.2) is 0 Å². The summed E-state index contributed by atoms with van der Waals surface area (Å²) in [6.07, 6.45) is 1.94. The number of hydrogen-bond acceptors (Lipinski definition) is 2. The first-order valence-corrected chi connectivity index (χ1v) is 2.96. The highest BCUT2D eigenvalue weighted by molar-refractivity contribution is 5.01. The molecule has 0 aliphatic carbocycles. The zero-order chi connectivity index (χ0) is 7.28. The second-order valence-electron chi connectivity index (χ2n) is 1.92. The molecule has 0 amide bonds. The minimum atomic E-state index is -0.0139. The molecule has 2 heteroatoms. The fraction of sp³-hybridized carbons (Fsp3) is 0.571. The molecule has 0 aliphatic heterocycles. The van der Waals surface area contributed by atoms with Gasteiger partial charge in [-0.3, -0.25) is 0 Å². The van der Waals surface area contributed by atoms with Crippen molar-refractivity contribution in [1.29, 1.82) is 0 Å². The van der Waals surface area contributed by atoms with Gasteiger partial charge in [0.05, 0.1) is 0 Å². The van der Waals surface area contributed by atoms with Crippen molar-refractivity contribution in [2.45, 2.75) is 26.9 Å². The van der Waals surface area contributed by atoms with Crippen molar-refractivity contribution in [3.8, 4) is 0 Å². The van der Waals surface area contributed by atoms with Crippen LogP contribution in [0, 0.1) is 6.79 Å². The lowest BCUT2D eigenvalue weighted by Crippen LogP contribution is -2.06. The lowest BCUT2D eigenvalue weighted by atomic mass is 10.2. The number of ether oxygens (including phenoxy) is 1. The minimum absolute atomic E-state index is 0.0139. The molecule has 0 aromatic heterocycles. The summed E-state index contributed by atoms with van der Waals surface area (Å²) in [5, 5.41) is 8.21. The largest absolute Gasteiger partial charge is 0.539 e. The summed E-state index contributed by atoms with van der Waals surface area (Å²) < 4.78 is 4.76. The van der Waals surface area contributed by atoms with Crippen LogP contribution in [0.3, 0.4) is 0 Å². The minimum Gasteiger partial charge on any atom is -0.539 e. The van der Waals surface area contributed by atoms with Gasteiger partial charge < -0.3 is 9.84 Å². The molecule has 0 saturated carbocycles. The predicted molar refractivity (Wildman–Crippen MR) is 36.2 cm³/mol. The van der Waals surface area contributed by atoms with Crippen LogP contribution >= 0.6 is 0 Å². The Balaban J connectivity index is 3.59. The first kappa shape index (κ1) is 8.66. The standard InChI is InChI=1S/C7H13O2/c1-4-6(2)7(3)9-5-8/h4-5,7-8H,1-3H3/q-1/b6-4+. The third kappa shape index (κ3) is 3.27. The average Bonchev–Trinajstić information content (AvgIpc) is 1.87. The van der Waals surface area contributed by atoms with Crippen molar-refractivity contribution in [1.82, 2.24) is 0 Å². The third-order valence-electron chi connectivity index (χ3n) is 1.36. The van der Waals surface area contributed by atoms with Gasteiger partial charge >= 0.3 is 0 Å². The normalized spacial score (nSPS) is 15.8. The number of allylic oxidation sites excluding steroid dienone is 1. The zero-order valence-corrected chi connectivity index (χ0v) is 6.09. The Labute approximate surface area is 56.1 Å². The van der Waals surface area contributed by atoms with Crippen LogP contribution in [0.4, 0.5) is 0 Å². The predicted octanol–water partition coefficient (Wildman–Crippen LogP) is 1.85. The van der Waals surface area contributed by atoms with Gasteiger partial charge in [0, 0.05) is 6.10 Å². The molecule has 0 aromatic rings. The number of hydrogen-bond donors (Lipinski definition) is 1. The van der Waals surface area contributed by atoms with Gasteiger partial charge in [0.15, 0.2) is 0 Å². The Kier molecular flexibility index (Phi) is 4.36.